The van der Waals surface area contributed by atoms with Crippen molar-refractivity contribution in [1.82, 2.24) is 14.9 Å². The summed E-state index contributed by atoms with van der Waals surface area (Å²) in [5, 5.41) is 0. The van der Waals surface area contributed by atoms with Gasteiger partial charge in [0, 0.05) is 25.9 Å². The van der Waals surface area contributed by atoms with Crippen LogP contribution in [0.5, 0.6) is 0 Å². The molecule has 1 N–H and O–H groups in total. The lowest BCUT2D eigenvalue weighted by atomic mass is 9.78. The summed E-state index contributed by atoms with van der Waals surface area (Å²) in [5.41, 5.74) is 1.85. The van der Waals surface area contributed by atoms with E-state index >= 15 is 0 Å². The number of aromatic nitrogens is 2. The Hall–Kier alpha value is -2.05. The van der Waals surface area contributed by atoms with Crippen LogP contribution in [0.2, 0.25) is 0 Å². The van der Waals surface area contributed by atoms with Gasteiger partial charge in [-0.1, -0.05) is 25.0 Å². The van der Waals surface area contributed by atoms with Crippen molar-refractivity contribution in [2.75, 3.05) is 13.6 Å². The molecule has 1 aliphatic rings. The molecule has 142 valence electrons. The maximum absolute atomic E-state index is 13.2. The Morgan fingerprint density at radius 3 is 2.73 bits per heavy atom. The predicted molar refractivity (Wildman–Crippen MR) is 93.6 cm³/mol. The molecule has 1 heterocycles. The highest BCUT2D eigenvalue weighted by Crippen LogP contribution is 2.42. The van der Waals surface area contributed by atoms with Gasteiger partial charge in [-0.25, -0.2) is 4.98 Å². The van der Waals surface area contributed by atoms with E-state index in [9.17, 15) is 18.0 Å². The van der Waals surface area contributed by atoms with Crippen molar-refractivity contribution in [3.05, 3.63) is 30.1 Å². The molecule has 1 aromatic heterocycles. The van der Waals surface area contributed by atoms with Crippen LogP contribution in [0, 0.1) is 11.8 Å². The molecule has 0 radical (unpaired) electrons. The van der Waals surface area contributed by atoms with Gasteiger partial charge in [0.2, 0.25) is 5.91 Å². The number of aryl methyl sites for hydroxylation is 1. The molecule has 2 unspecified atom stereocenters. The minimum Gasteiger partial charge on any atom is -0.345 e. The normalized spacial score (nSPS) is 21.1. The van der Waals surface area contributed by atoms with Crippen molar-refractivity contribution in [2.45, 2.75) is 44.7 Å². The highest BCUT2D eigenvalue weighted by atomic mass is 19.4. The number of hydrogen-bond acceptors (Lipinski definition) is 2. The number of amides is 1. The number of imidazole rings is 1. The van der Waals surface area contributed by atoms with Gasteiger partial charge in [0.15, 0.2) is 0 Å². The number of carbonyl (C=O) groups excluding carboxylic acids is 1. The number of alkyl halides is 3. The molecule has 1 fully saturated rings. The smallest absolute Gasteiger partial charge is 0.345 e. The van der Waals surface area contributed by atoms with E-state index in [4.69, 9.17) is 0 Å². The van der Waals surface area contributed by atoms with Gasteiger partial charge in [-0.15, -0.1) is 0 Å². The van der Waals surface area contributed by atoms with E-state index in [1.807, 2.05) is 24.3 Å². The van der Waals surface area contributed by atoms with E-state index < -0.39 is 18.0 Å². The molecule has 1 amide bonds. The molecule has 1 aliphatic carbocycles. The summed E-state index contributed by atoms with van der Waals surface area (Å²) in [7, 11) is 1.60. The minimum atomic E-state index is -4.30. The number of rotatable bonds is 5. The molecule has 0 aliphatic heterocycles. The summed E-state index contributed by atoms with van der Waals surface area (Å²) < 4.78 is 39.6. The van der Waals surface area contributed by atoms with Gasteiger partial charge in [0.25, 0.3) is 0 Å². The Morgan fingerprint density at radius 2 is 2.00 bits per heavy atom. The quantitative estimate of drug-likeness (QED) is 0.855. The molecule has 1 saturated carbocycles. The number of hydrogen-bond donors (Lipinski definition) is 1. The zero-order valence-corrected chi connectivity index (χ0v) is 14.9. The summed E-state index contributed by atoms with van der Waals surface area (Å²) in [5.74, 6) is -1.98. The largest absolute Gasteiger partial charge is 0.392 e. The Morgan fingerprint density at radius 1 is 1.27 bits per heavy atom. The summed E-state index contributed by atoms with van der Waals surface area (Å²) in [6.45, 7) is 0.428. The lowest BCUT2D eigenvalue weighted by Gasteiger charge is -2.34. The molecule has 1 aromatic carbocycles. The third kappa shape index (κ3) is 4.19. The molecule has 0 bridgehead atoms. The Kier molecular flexibility index (Phi) is 5.53. The fraction of sp³-hybridized carbons (Fsp3) is 0.579. The number of carbonyl (C=O) groups is 1. The molecule has 3 rings (SSSR count). The first-order chi connectivity index (χ1) is 12.4. The SMILES string of the molecule is CN(CCCc1nc2ccccc2[nH]1)C(=O)C1CCCCC1C(F)(F)F. The zero-order chi connectivity index (χ0) is 18.7. The van der Waals surface area contributed by atoms with Crippen LogP contribution in [0.4, 0.5) is 13.2 Å². The molecule has 4 nitrogen and oxygen atoms in total. The fourth-order valence-corrected chi connectivity index (χ4v) is 3.82. The molecule has 2 aromatic rings. The Bertz CT molecular complexity index is 723. The number of fused-ring (bicyclic) bond motifs is 1. The van der Waals surface area contributed by atoms with Crippen molar-refractivity contribution in [3.8, 4) is 0 Å². The van der Waals surface area contributed by atoms with E-state index in [0.717, 1.165) is 16.9 Å². The van der Waals surface area contributed by atoms with Gasteiger partial charge in [0.1, 0.15) is 5.82 Å². The molecule has 26 heavy (non-hydrogen) atoms. The first-order valence-electron chi connectivity index (χ1n) is 9.11. The van der Waals surface area contributed by atoms with Gasteiger partial charge in [-0.2, -0.15) is 13.2 Å². The first kappa shape index (κ1) is 18.7. The van der Waals surface area contributed by atoms with Crippen LogP contribution in [0.3, 0.4) is 0 Å². The van der Waals surface area contributed by atoms with Gasteiger partial charge >= 0.3 is 6.18 Å². The molecule has 2 atom stereocenters. The molecule has 0 spiro atoms. The second-order valence-electron chi connectivity index (χ2n) is 7.10. The van der Waals surface area contributed by atoms with Crippen molar-refractivity contribution >= 4 is 16.9 Å². The maximum Gasteiger partial charge on any atom is 0.392 e. The van der Waals surface area contributed by atoms with E-state index in [2.05, 4.69) is 9.97 Å². The van der Waals surface area contributed by atoms with Crippen LogP contribution in [-0.4, -0.2) is 40.5 Å². The highest BCUT2D eigenvalue weighted by Gasteiger charge is 2.48. The molecular formula is C19H24F3N3O. The predicted octanol–water partition coefficient (Wildman–Crippen LogP) is 4.32. The van der Waals surface area contributed by atoms with Crippen LogP contribution in [0.15, 0.2) is 24.3 Å². The number of nitrogens with zero attached hydrogens (tertiary/aromatic N) is 2. The van der Waals surface area contributed by atoms with Gasteiger partial charge in [0.05, 0.1) is 17.0 Å². The lowest BCUT2D eigenvalue weighted by molar-refractivity contribution is -0.200. The lowest BCUT2D eigenvalue weighted by Crippen LogP contribution is -2.43. The minimum absolute atomic E-state index is 0.0622. The zero-order valence-electron chi connectivity index (χ0n) is 14.9. The van der Waals surface area contributed by atoms with Crippen molar-refractivity contribution < 1.29 is 18.0 Å². The third-order valence-electron chi connectivity index (χ3n) is 5.23. The third-order valence-corrected chi connectivity index (χ3v) is 5.23. The second kappa shape index (κ2) is 7.68. The maximum atomic E-state index is 13.2. The van der Waals surface area contributed by atoms with Gasteiger partial charge < -0.3 is 9.88 Å². The number of H-pyrrole nitrogens is 1. The molecular weight excluding hydrogens is 343 g/mol. The summed E-state index contributed by atoms with van der Waals surface area (Å²) >= 11 is 0. The molecule has 7 heteroatoms. The van der Waals surface area contributed by atoms with E-state index in [0.29, 0.717) is 38.6 Å². The fourth-order valence-electron chi connectivity index (χ4n) is 3.82. The number of halogens is 3. The highest BCUT2D eigenvalue weighted by molar-refractivity contribution is 5.79. The van der Waals surface area contributed by atoms with Crippen LogP contribution in [0.25, 0.3) is 11.0 Å². The number of para-hydroxylation sites is 2. The van der Waals surface area contributed by atoms with Crippen LogP contribution >= 0.6 is 0 Å². The number of nitrogens with one attached hydrogen (secondary N) is 1. The van der Waals surface area contributed by atoms with Crippen LogP contribution in [0.1, 0.15) is 37.9 Å². The van der Waals surface area contributed by atoms with E-state index in [1.165, 1.54) is 4.90 Å². The topological polar surface area (TPSA) is 49.0 Å². The van der Waals surface area contributed by atoms with Crippen LogP contribution < -0.4 is 0 Å². The summed E-state index contributed by atoms with van der Waals surface area (Å²) in [6, 6.07) is 7.71. The van der Waals surface area contributed by atoms with Gasteiger partial charge in [-0.3, -0.25) is 4.79 Å². The number of benzene rings is 1. The Balaban J connectivity index is 1.55. The van der Waals surface area contributed by atoms with Crippen molar-refractivity contribution in [3.63, 3.8) is 0 Å². The van der Waals surface area contributed by atoms with Gasteiger partial charge in [-0.05, 0) is 31.4 Å². The second-order valence-corrected chi connectivity index (χ2v) is 7.10. The standard InChI is InChI=1S/C19H24F3N3O/c1-25(18(26)13-7-2-3-8-14(13)19(20,21)22)12-6-11-17-23-15-9-4-5-10-16(15)24-17/h4-5,9-10,13-14H,2-3,6-8,11-12H2,1H3,(H,23,24). The first-order valence-corrected chi connectivity index (χ1v) is 9.11. The summed E-state index contributed by atoms with van der Waals surface area (Å²) in [6.07, 6.45) is -1.36. The van der Waals surface area contributed by atoms with Crippen molar-refractivity contribution in [1.29, 1.82) is 0 Å². The van der Waals surface area contributed by atoms with E-state index in [1.54, 1.807) is 7.05 Å². The Labute approximate surface area is 150 Å². The monoisotopic (exact) mass is 367 g/mol. The van der Waals surface area contributed by atoms with Crippen molar-refractivity contribution in [2.24, 2.45) is 11.8 Å². The van der Waals surface area contributed by atoms with E-state index in [-0.39, 0.29) is 12.3 Å². The number of aromatic amines is 1. The summed E-state index contributed by atoms with van der Waals surface area (Å²) in [4.78, 5) is 21.7. The van der Waals surface area contributed by atoms with Crippen LogP contribution in [-0.2, 0) is 11.2 Å². The molecule has 0 saturated heterocycles. The average molecular weight is 367 g/mol. The average Bonchev–Trinajstić information content (AvgIpc) is 3.03.